The van der Waals surface area contributed by atoms with Crippen LogP contribution in [-0.2, 0) is 4.79 Å². The first-order valence-corrected chi connectivity index (χ1v) is 10.0. The second-order valence-electron chi connectivity index (χ2n) is 7.47. The van der Waals surface area contributed by atoms with Crippen molar-refractivity contribution in [3.63, 3.8) is 0 Å². The van der Waals surface area contributed by atoms with Gasteiger partial charge in [0.15, 0.2) is 18.2 Å². The lowest BCUT2D eigenvalue weighted by atomic mass is 10.0. The van der Waals surface area contributed by atoms with Crippen molar-refractivity contribution in [1.29, 1.82) is 0 Å². The number of anilines is 1. The number of carbonyl (C=O) groups is 1. The van der Waals surface area contributed by atoms with Gasteiger partial charge in [-0.05, 0) is 35.7 Å². The average molecular weight is 407 g/mol. The molecule has 1 saturated heterocycles. The Kier molecular flexibility index (Phi) is 5.87. The molecule has 0 saturated carbocycles. The number of aromatic nitrogens is 5. The first-order valence-electron chi connectivity index (χ1n) is 10.0. The molecule has 1 aliphatic rings. The van der Waals surface area contributed by atoms with Gasteiger partial charge >= 0.3 is 0 Å². The van der Waals surface area contributed by atoms with E-state index >= 15 is 0 Å². The summed E-state index contributed by atoms with van der Waals surface area (Å²) >= 11 is 0. The summed E-state index contributed by atoms with van der Waals surface area (Å²) in [6.07, 6.45) is 3.03. The Balaban J connectivity index is 1.26. The summed E-state index contributed by atoms with van der Waals surface area (Å²) < 4.78 is 7.23. The standard InChI is InChI=1S/C21H25N7O2/c1-16(2)17-3-5-18(6-4-17)30-13-21(29)27-11-9-26(10-12-27)19-7-8-20(25-24-19)28-15-22-14-23-28/h3-8,14-16H,9-13H2,1-2H3. The summed E-state index contributed by atoms with van der Waals surface area (Å²) in [6.45, 7) is 7.00. The SMILES string of the molecule is CC(C)c1ccc(OCC(=O)N2CCN(c3ccc(-n4cncn4)nn3)CC2)cc1. The van der Waals surface area contributed by atoms with E-state index in [1.54, 1.807) is 11.0 Å². The maximum absolute atomic E-state index is 12.5. The van der Waals surface area contributed by atoms with Gasteiger partial charge in [0, 0.05) is 26.2 Å². The molecule has 0 radical (unpaired) electrons. The maximum Gasteiger partial charge on any atom is 0.260 e. The van der Waals surface area contributed by atoms with Crippen LogP contribution in [0.4, 0.5) is 5.82 Å². The highest BCUT2D eigenvalue weighted by molar-refractivity contribution is 5.78. The highest BCUT2D eigenvalue weighted by atomic mass is 16.5. The van der Waals surface area contributed by atoms with Crippen LogP contribution >= 0.6 is 0 Å². The van der Waals surface area contributed by atoms with Crippen LogP contribution in [0.15, 0.2) is 49.1 Å². The van der Waals surface area contributed by atoms with Crippen molar-refractivity contribution in [1.82, 2.24) is 29.9 Å². The fraction of sp³-hybridized carbons (Fsp3) is 0.381. The number of amides is 1. The molecule has 9 nitrogen and oxygen atoms in total. The molecule has 30 heavy (non-hydrogen) atoms. The Morgan fingerprint density at radius 1 is 1.00 bits per heavy atom. The van der Waals surface area contributed by atoms with Crippen molar-refractivity contribution in [2.45, 2.75) is 19.8 Å². The number of carbonyl (C=O) groups excluding carboxylic acids is 1. The molecule has 1 amide bonds. The third-order valence-electron chi connectivity index (χ3n) is 5.16. The van der Waals surface area contributed by atoms with Crippen LogP contribution in [0.2, 0.25) is 0 Å². The Labute approximate surface area is 175 Å². The molecule has 0 bridgehead atoms. The van der Waals surface area contributed by atoms with Crippen LogP contribution in [0.5, 0.6) is 5.75 Å². The monoisotopic (exact) mass is 407 g/mol. The van der Waals surface area contributed by atoms with Gasteiger partial charge in [-0.3, -0.25) is 4.79 Å². The lowest BCUT2D eigenvalue weighted by Crippen LogP contribution is -2.50. The van der Waals surface area contributed by atoms with Crippen LogP contribution in [0.1, 0.15) is 25.3 Å². The number of ether oxygens (including phenoxy) is 1. The lowest BCUT2D eigenvalue weighted by Gasteiger charge is -2.35. The second kappa shape index (κ2) is 8.89. The van der Waals surface area contributed by atoms with Crippen molar-refractivity contribution in [3.05, 3.63) is 54.6 Å². The van der Waals surface area contributed by atoms with Gasteiger partial charge in [-0.15, -0.1) is 10.2 Å². The maximum atomic E-state index is 12.5. The molecule has 0 aliphatic carbocycles. The summed E-state index contributed by atoms with van der Waals surface area (Å²) in [5, 5.41) is 12.5. The molecular formula is C21H25N7O2. The minimum atomic E-state index is -0.00444. The van der Waals surface area contributed by atoms with E-state index in [-0.39, 0.29) is 12.5 Å². The number of piperazine rings is 1. The van der Waals surface area contributed by atoms with Crippen LogP contribution < -0.4 is 9.64 Å². The van der Waals surface area contributed by atoms with Gasteiger partial charge in [-0.25, -0.2) is 9.67 Å². The number of hydrogen-bond donors (Lipinski definition) is 0. The number of hydrogen-bond acceptors (Lipinski definition) is 7. The minimum Gasteiger partial charge on any atom is -0.484 e. The van der Waals surface area contributed by atoms with Gasteiger partial charge in [0.05, 0.1) is 0 Å². The van der Waals surface area contributed by atoms with E-state index in [1.165, 1.54) is 11.9 Å². The molecule has 9 heteroatoms. The molecular weight excluding hydrogens is 382 g/mol. The Bertz CT molecular complexity index is 948. The van der Waals surface area contributed by atoms with Crippen LogP contribution in [-0.4, -0.2) is 68.6 Å². The van der Waals surface area contributed by atoms with Crippen LogP contribution in [0.3, 0.4) is 0 Å². The number of benzene rings is 1. The normalized spacial score (nSPS) is 14.2. The van der Waals surface area contributed by atoms with E-state index < -0.39 is 0 Å². The Morgan fingerprint density at radius 2 is 1.70 bits per heavy atom. The smallest absolute Gasteiger partial charge is 0.260 e. The molecule has 0 spiro atoms. The Hall–Kier alpha value is -3.49. The summed E-state index contributed by atoms with van der Waals surface area (Å²) in [5.74, 6) is 2.58. The van der Waals surface area contributed by atoms with Crippen molar-refractivity contribution >= 4 is 11.7 Å². The van der Waals surface area contributed by atoms with Crippen LogP contribution in [0.25, 0.3) is 5.82 Å². The molecule has 3 heterocycles. The molecule has 0 N–H and O–H groups in total. The van der Waals surface area contributed by atoms with Gasteiger partial charge in [-0.2, -0.15) is 5.10 Å². The lowest BCUT2D eigenvalue weighted by molar-refractivity contribution is -0.133. The zero-order chi connectivity index (χ0) is 20.9. The summed E-state index contributed by atoms with van der Waals surface area (Å²) in [6, 6.07) is 11.7. The third-order valence-corrected chi connectivity index (χ3v) is 5.16. The van der Waals surface area contributed by atoms with Gasteiger partial charge in [0.2, 0.25) is 0 Å². The van der Waals surface area contributed by atoms with E-state index in [1.807, 2.05) is 41.3 Å². The topological polar surface area (TPSA) is 89.3 Å². The first kappa shape index (κ1) is 19.8. The molecule has 1 fully saturated rings. The van der Waals surface area contributed by atoms with Crippen LogP contribution in [0, 0.1) is 0 Å². The van der Waals surface area contributed by atoms with E-state index in [9.17, 15) is 4.79 Å². The van der Waals surface area contributed by atoms with E-state index in [4.69, 9.17) is 4.74 Å². The van der Waals surface area contributed by atoms with Crippen molar-refractivity contribution in [3.8, 4) is 11.6 Å². The summed E-state index contributed by atoms with van der Waals surface area (Å²) in [5.41, 5.74) is 1.25. The molecule has 0 atom stereocenters. The van der Waals surface area contributed by atoms with E-state index in [0.717, 1.165) is 5.82 Å². The number of nitrogens with zero attached hydrogens (tertiary/aromatic N) is 7. The summed E-state index contributed by atoms with van der Waals surface area (Å²) in [4.78, 5) is 20.4. The molecule has 156 valence electrons. The molecule has 1 aromatic carbocycles. The zero-order valence-corrected chi connectivity index (χ0v) is 17.2. The largest absolute Gasteiger partial charge is 0.484 e. The second-order valence-corrected chi connectivity index (χ2v) is 7.47. The van der Waals surface area contributed by atoms with Gasteiger partial charge in [-0.1, -0.05) is 26.0 Å². The van der Waals surface area contributed by atoms with Crippen molar-refractivity contribution < 1.29 is 9.53 Å². The molecule has 0 unspecified atom stereocenters. The highest BCUT2D eigenvalue weighted by Gasteiger charge is 2.22. The average Bonchev–Trinajstić information content (AvgIpc) is 3.33. The van der Waals surface area contributed by atoms with Gasteiger partial charge in [0.1, 0.15) is 18.4 Å². The quantitative estimate of drug-likeness (QED) is 0.617. The predicted octanol–water partition coefficient (Wildman–Crippen LogP) is 1.91. The molecule has 4 rings (SSSR count). The van der Waals surface area contributed by atoms with Gasteiger partial charge in [0.25, 0.3) is 5.91 Å². The fourth-order valence-electron chi connectivity index (χ4n) is 3.31. The van der Waals surface area contributed by atoms with Crippen molar-refractivity contribution in [2.24, 2.45) is 0 Å². The zero-order valence-electron chi connectivity index (χ0n) is 17.2. The third kappa shape index (κ3) is 4.56. The van der Waals surface area contributed by atoms with E-state index in [0.29, 0.717) is 43.7 Å². The molecule has 1 aliphatic heterocycles. The first-order chi connectivity index (χ1) is 14.6. The molecule has 2 aromatic heterocycles. The molecule has 3 aromatic rings. The van der Waals surface area contributed by atoms with E-state index in [2.05, 4.69) is 39.0 Å². The fourth-order valence-corrected chi connectivity index (χ4v) is 3.31. The minimum absolute atomic E-state index is 0.00444. The van der Waals surface area contributed by atoms with Gasteiger partial charge < -0.3 is 14.5 Å². The summed E-state index contributed by atoms with van der Waals surface area (Å²) in [7, 11) is 0. The number of rotatable bonds is 6. The van der Waals surface area contributed by atoms with Crippen molar-refractivity contribution in [2.75, 3.05) is 37.7 Å². The predicted molar refractivity (Wildman–Crippen MR) is 112 cm³/mol. The Morgan fingerprint density at radius 3 is 2.30 bits per heavy atom. The highest BCUT2D eigenvalue weighted by Crippen LogP contribution is 2.19.